The molecule has 112 valence electrons. The van der Waals surface area contributed by atoms with Gasteiger partial charge >= 0.3 is 5.97 Å². The van der Waals surface area contributed by atoms with Crippen molar-refractivity contribution >= 4 is 21.9 Å². The summed E-state index contributed by atoms with van der Waals surface area (Å²) < 4.78 is 24.9. The number of carboxylic acid groups (broad SMARTS) is 1. The van der Waals surface area contributed by atoms with Gasteiger partial charge in [-0.25, -0.2) is 17.9 Å². The number of nitrogens with one attached hydrogen (secondary N) is 1. The molecule has 0 aliphatic carbocycles. The first-order valence-corrected chi connectivity index (χ1v) is 8.20. The highest BCUT2D eigenvalue weighted by Crippen LogP contribution is 2.46. The van der Waals surface area contributed by atoms with Crippen LogP contribution in [0.15, 0.2) is 11.3 Å². The van der Waals surface area contributed by atoms with Crippen LogP contribution in [0, 0.1) is 11.8 Å². The monoisotopic (exact) mass is 302 g/mol. The normalized spacial score (nSPS) is 31.1. The molecule has 0 aromatic carbocycles. The topological polar surface area (TPSA) is 104 Å². The summed E-state index contributed by atoms with van der Waals surface area (Å²) in [6.45, 7) is 5.18. The summed E-state index contributed by atoms with van der Waals surface area (Å²) in [5.74, 6) is -2.06. The number of fused-ring (bicyclic) bond motifs is 1. The molecule has 0 saturated carbocycles. The Kier molecular flexibility index (Phi) is 3.42. The van der Waals surface area contributed by atoms with Crippen molar-refractivity contribution in [3.05, 3.63) is 11.3 Å². The lowest BCUT2D eigenvalue weighted by molar-refractivity contribution is -0.157. The Morgan fingerprint density at radius 1 is 1.45 bits per heavy atom. The van der Waals surface area contributed by atoms with E-state index in [0.29, 0.717) is 5.57 Å². The summed E-state index contributed by atoms with van der Waals surface area (Å²) in [5.41, 5.74) is 0.695. The molecular weight excluding hydrogens is 284 g/mol. The second kappa shape index (κ2) is 4.56. The lowest BCUT2D eigenvalue weighted by Crippen LogP contribution is -2.66. The van der Waals surface area contributed by atoms with Gasteiger partial charge in [0.2, 0.25) is 15.9 Å². The van der Waals surface area contributed by atoms with Crippen molar-refractivity contribution in [3.63, 3.8) is 0 Å². The van der Waals surface area contributed by atoms with Gasteiger partial charge in [-0.15, -0.1) is 0 Å². The van der Waals surface area contributed by atoms with Crippen LogP contribution in [0.25, 0.3) is 0 Å². The fraction of sp³-hybridized carbons (Fsp3) is 0.667. The standard InChI is InChI=1S/C12H18N2O5S/c1-5-6(2)10(12(16)17)14-9(5)8(11(14)15)7(3)13-20(4,18)19/h5,7-9,13H,1-4H3,(H,16,17)/t5-,7-,8+,9+/m0/s1. The number of aliphatic carboxylic acids is 1. The Balaban J connectivity index is 2.26. The minimum Gasteiger partial charge on any atom is -0.477 e. The van der Waals surface area contributed by atoms with Gasteiger partial charge in [-0.1, -0.05) is 6.92 Å². The summed E-state index contributed by atoms with van der Waals surface area (Å²) >= 11 is 0. The van der Waals surface area contributed by atoms with Gasteiger partial charge in [0, 0.05) is 12.0 Å². The highest BCUT2D eigenvalue weighted by atomic mass is 32.2. The van der Waals surface area contributed by atoms with E-state index in [1.165, 1.54) is 4.90 Å². The van der Waals surface area contributed by atoms with E-state index >= 15 is 0 Å². The molecule has 4 atom stereocenters. The highest BCUT2D eigenvalue weighted by molar-refractivity contribution is 7.88. The molecule has 2 aliphatic heterocycles. The van der Waals surface area contributed by atoms with Gasteiger partial charge < -0.3 is 10.0 Å². The molecule has 1 saturated heterocycles. The third kappa shape index (κ3) is 2.12. The second-order valence-corrected chi connectivity index (χ2v) is 7.31. The largest absolute Gasteiger partial charge is 0.477 e. The second-order valence-electron chi connectivity index (χ2n) is 5.53. The first-order valence-electron chi connectivity index (χ1n) is 6.30. The molecule has 2 rings (SSSR count). The zero-order chi connectivity index (χ0) is 15.4. The predicted molar refractivity (Wildman–Crippen MR) is 71.1 cm³/mol. The van der Waals surface area contributed by atoms with E-state index in [1.54, 1.807) is 13.8 Å². The third-order valence-electron chi connectivity index (χ3n) is 4.14. The van der Waals surface area contributed by atoms with Crippen molar-refractivity contribution < 1.29 is 23.1 Å². The van der Waals surface area contributed by atoms with E-state index in [2.05, 4.69) is 4.72 Å². The molecule has 1 amide bonds. The quantitative estimate of drug-likeness (QED) is 0.698. The van der Waals surface area contributed by atoms with Crippen LogP contribution in [0.2, 0.25) is 0 Å². The maximum atomic E-state index is 12.2. The molecular formula is C12H18N2O5S. The molecule has 2 heterocycles. The maximum Gasteiger partial charge on any atom is 0.352 e. The Hall–Kier alpha value is -1.41. The summed E-state index contributed by atoms with van der Waals surface area (Å²) in [4.78, 5) is 24.7. The number of hydrogen-bond acceptors (Lipinski definition) is 4. The number of carbonyl (C=O) groups is 2. The molecule has 0 unspecified atom stereocenters. The van der Waals surface area contributed by atoms with E-state index in [0.717, 1.165) is 6.26 Å². The molecule has 8 heteroatoms. The van der Waals surface area contributed by atoms with Crippen LogP contribution < -0.4 is 4.72 Å². The smallest absolute Gasteiger partial charge is 0.352 e. The SMILES string of the molecule is CC1=C(C(=O)O)N2C(=O)[C@H]([C@H](C)NS(C)(=O)=O)[C@H]2[C@H]1C. The first-order chi connectivity index (χ1) is 9.06. The molecule has 0 bridgehead atoms. The predicted octanol–water partition coefficient (Wildman–Crippen LogP) is -0.241. The van der Waals surface area contributed by atoms with Crippen molar-refractivity contribution in [2.24, 2.45) is 11.8 Å². The van der Waals surface area contributed by atoms with Crippen LogP contribution in [-0.2, 0) is 19.6 Å². The summed E-state index contributed by atoms with van der Waals surface area (Å²) in [7, 11) is -3.41. The molecule has 20 heavy (non-hydrogen) atoms. The van der Waals surface area contributed by atoms with E-state index in [9.17, 15) is 23.1 Å². The Morgan fingerprint density at radius 2 is 2.00 bits per heavy atom. The zero-order valence-corrected chi connectivity index (χ0v) is 12.6. The number of rotatable bonds is 4. The Morgan fingerprint density at radius 3 is 2.45 bits per heavy atom. The lowest BCUT2D eigenvalue weighted by atomic mass is 9.77. The van der Waals surface area contributed by atoms with Gasteiger partial charge in [0.05, 0.1) is 18.2 Å². The number of carboxylic acids is 1. The fourth-order valence-electron chi connectivity index (χ4n) is 3.18. The van der Waals surface area contributed by atoms with Gasteiger partial charge in [0.15, 0.2) is 0 Å². The fourth-order valence-corrected chi connectivity index (χ4v) is 4.00. The Bertz CT molecular complexity index is 609. The van der Waals surface area contributed by atoms with Crippen LogP contribution in [0.4, 0.5) is 0 Å². The maximum absolute atomic E-state index is 12.2. The lowest BCUT2D eigenvalue weighted by Gasteiger charge is -2.47. The molecule has 0 aromatic rings. The number of carbonyl (C=O) groups excluding carboxylic acids is 1. The highest BCUT2D eigenvalue weighted by Gasteiger charge is 2.59. The van der Waals surface area contributed by atoms with E-state index in [-0.39, 0.29) is 23.6 Å². The van der Waals surface area contributed by atoms with Gasteiger partial charge in [-0.3, -0.25) is 4.79 Å². The summed E-state index contributed by atoms with van der Waals surface area (Å²) in [6, 6.07) is -0.833. The number of sulfonamides is 1. The van der Waals surface area contributed by atoms with Gasteiger partial charge in [0.1, 0.15) is 5.70 Å². The van der Waals surface area contributed by atoms with Crippen LogP contribution in [0.3, 0.4) is 0 Å². The van der Waals surface area contributed by atoms with Crippen LogP contribution in [0.1, 0.15) is 20.8 Å². The molecule has 2 aliphatic rings. The molecule has 0 aromatic heterocycles. The summed E-state index contributed by atoms with van der Waals surface area (Å²) in [6.07, 6.45) is 1.04. The zero-order valence-electron chi connectivity index (χ0n) is 11.7. The van der Waals surface area contributed by atoms with E-state index in [4.69, 9.17) is 0 Å². The van der Waals surface area contributed by atoms with Crippen molar-refractivity contribution in [2.45, 2.75) is 32.9 Å². The van der Waals surface area contributed by atoms with E-state index in [1.807, 2.05) is 6.92 Å². The molecule has 0 spiro atoms. The molecule has 0 radical (unpaired) electrons. The number of hydrogen-bond donors (Lipinski definition) is 2. The number of nitrogens with zero attached hydrogens (tertiary/aromatic N) is 1. The third-order valence-corrected chi connectivity index (χ3v) is 4.94. The average molecular weight is 302 g/mol. The van der Waals surface area contributed by atoms with Crippen molar-refractivity contribution in [3.8, 4) is 0 Å². The molecule has 2 N–H and O–H groups in total. The molecule has 1 fully saturated rings. The van der Waals surface area contributed by atoms with Crippen LogP contribution in [0.5, 0.6) is 0 Å². The van der Waals surface area contributed by atoms with Gasteiger partial charge in [-0.2, -0.15) is 0 Å². The molecule has 7 nitrogen and oxygen atoms in total. The van der Waals surface area contributed by atoms with Crippen LogP contribution >= 0.6 is 0 Å². The van der Waals surface area contributed by atoms with Crippen LogP contribution in [-0.4, -0.2) is 48.6 Å². The van der Waals surface area contributed by atoms with Crippen molar-refractivity contribution in [1.29, 1.82) is 0 Å². The van der Waals surface area contributed by atoms with Crippen molar-refractivity contribution in [1.82, 2.24) is 9.62 Å². The first kappa shape index (κ1) is 15.0. The minimum absolute atomic E-state index is 0.0373. The van der Waals surface area contributed by atoms with Crippen molar-refractivity contribution in [2.75, 3.05) is 6.26 Å². The van der Waals surface area contributed by atoms with Gasteiger partial charge in [-0.05, 0) is 19.4 Å². The average Bonchev–Trinajstić information content (AvgIpc) is 2.48. The van der Waals surface area contributed by atoms with Gasteiger partial charge in [0.25, 0.3) is 0 Å². The van der Waals surface area contributed by atoms with E-state index < -0.39 is 28.0 Å². The minimum atomic E-state index is -3.41. The number of β-lactam (4-membered cyclic amide) rings is 1. The number of amides is 1. The Labute approximate surface area is 117 Å². The summed E-state index contributed by atoms with van der Waals surface area (Å²) in [5, 5.41) is 9.19.